The molecule has 1 atom stereocenters. The van der Waals surface area contributed by atoms with Gasteiger partial charge in [-0.3, -0.25) is 4.57 Å². The first-order chi connectivity index (χ1) is 9.31. The number of aromatic nitrogens is 1. The number of carbonyl (C=O) groups is 1. The van der Waals surface area contributed by atoms with Crippen LogP contribution >= 0.6 is 0 Å². The number of benzene rings is 1. The topological polar surface area (TPSA) is 61.4 Å². The Bertz CT molecular complexity index is 558. The summed E-state index contributed by atoms with van der Waals surface area (Å²) >= 11 is 0. The molecule has 0 aliphatic heterocycles. The fourth-order valence-corrected chi connectivity index (χ4v) is 1.81. The molecule has 0 saturated heterocycles. The van der Waals surface area contributed by atoms with Gasteiger partial charge in [-0.15, -0.1) is 0 Å². The van der Waals surface area contributed by atoms with Crippen LogP contribution in [0.3, 0.4) is 0 Å². The molecule has 2 aromatic rings. The van der Waals surface area contributed by atoms with Gasteiger partial charge in [0.25, 0.3) is 0 Å². The third kappa shape index (κ3) is 3.66. The normalized spacial score (nSPS) is 12.2. The molecular formula is C14H15NO4. The minimum atomic E-state index is -0.477. The van der Waals surface area contributed by atoms with Crippen LogP contribution in [0, 0.1) is 0 Å². The van der Waals surface area contributed by atoms with E-state index in [0.717, 1.165) is 11.8 Å². The zero-order chi connectivity index (χ0) is 13.5. The third-order valence-electron chi connectivity index (χ3n) is 2.78. The summed E-state index contributed by atoms with van der Waals surface area (Å²) in [5.41, 5.74) is 1.05. The molecule has 0 unspecified atom stereocenters. The second kappa shape index (κ2) is 6.70. The van der Waals surface area contributed by atoms with Gasteiger partial charge in [0.1, 0.15) is 12.5 Å². The summed E-state index contributed by atoms with van der Waals surface area (Å²) in [4.78, 5) is 22.0. The van der Waals surface area contributed by atoms with Crippen molar-refractivity contribution in [1.82, 2.24) is 4.57 Å². The Morgan fingerprint density at radius 2 is 2.11 bits per heavy atom. The highest BCUT2D eigenvalue weighted by Gasteiger charge is 2.13. The van der Waals surface area contributed by atoms with Crippen molar-refractivity contribution >= 4 is 6.29 Å². The molecule has 1 aromatic carbocycles. The molecule has 1 heterocycles. The van der Waals surface area contributed by atoms with Gasteiger partial charge in [-0.25, -0.2) is 4.79 Å². The highest BCUT2D eigenvalue weighted by molar-refractivity contribution is 5.50. The summed E-state index contributed by atoms with van der Waals surface area (Å²) in [6.07, 6.45) is 3.81. The Morgan fingerprint density at radius 3 is 2.74 bits per heavy atom. The van der Waals surface area contributed by atoms with E-state index in [-0.39, 0.29) is 19.1 Å². The number of oxazole rings is 1. The van der Waals surface area contributed by atoms with E-state index in [2.05, 4.69) is 0 Å². The average molecular weight is 261 g/mol. The molecule has 0 N–H and O–H groups in total. The van der Waals surface area contributed by atoms with Crippen molar-refractivity contribution in [3.05, 3.63) is 58.9 Å². The van der Waals surface area contributed by atoms with Crippen molar-refractivity contribution in [1.29, 1.82) is 0 Å². The molecule has 0 fully saturated rings. The van der Waals surface area contributed by atoms with Crippen LogP contribution in [0.1, 0.15) is 18.0 Å². The SMILES string of the molecule is O=CC[C@H](COCc1ccccc1)n1ccoc1=O. The molecule has 5 nitrogen and oxygen atoms in total. The van der Waals surface area contributed by atoms with Gasteiger partial charge in [-0.2, -0.15) is 0 Å². The monoisotopic (exact) mass is 261 g/mol. The number of rotatable bonds is 7. The summed E-state index contributed by atoms with van der Waals surface area (Å²) in [5, 5.41) is 0. The minimum Gasteiger partial charge on any atom is -0.416 e. The molecule has 19 heavy (non-hydrogen) atoms. The lowest BCUT2D eigenvalue weighted by Crippen LogP contribution is -2.24. The number of nitrogens with zero attached hydrogens (tertiary/aromatic N) is 1. The van der Waals surface area contributed by atoms with Gasteiger partial charge in [-0.05, 0) is 5.56 Å². The van der Waals surface area contributed by atoms with E-state index in [1.54, 1.807) is 0 Å². The largest absolute Gasteiger partial charge is 0.419 e. The third-order valence-corrected chi connectivity index (χ3v) is 2.78. The maximum absolute atomic E-state index is 11.4. The quantitative estimate of drug-likeness (QED) is 0.713. The summed E-state index contributed by atoms with van der Waals surface area (Å²) in [7, 11) is 0. The van der Waals surface area contributed by atoms with Crippen LogP contribution < -0.4 is 5.76 Å². The molecular weight excluding hydrogens is 246 g/mol. The maximum atomic E-state index is 11.4. The summed E-state index contributed by atoms with van der Waals surface area (Å²) in [6.45, 7) is 0.732. The van der Waals surface area contributed by atoms with Crippen LogP contribution in [0.4, 0.5) is 0 Å². The van der Waals surface area contributed by atoms with Gasteiger partial charge in [0.05, 0.1) is 19.3 Å². The van der Waals surface area contributed by atoms with Gasteiger partial charge in [-0.1, -0.05) is 30.3 Å². The second-order valence-electron chi connectivity index (χ2n) is 4.13. The Balaban J connectivity index is 1.93. The zero-order valence-corrected chi connectivity index (χ0v) is 10.4. The van der Waals surface area contributed by atoms with E-state index in [9.17, 15) is 9.59 Å². The van der Waals surface area contributed by atoms with Crippen LogP contribution in [0.25, 0.3) is 0 Å². The van der Waals surface area contributed by atoms with E-state index < -0.39 is 5.76 Å². The van der Waals surface area contributed by atoms with Crippen LogP contribution in [0.15, 0.2) is 52.0 Å². The Labute approximate surface area is 110 Å². The Kier molecular flexibility index (Phi) is 4.69. The summed E-state index contributed by atoms with van der Waals surface area (Å²) in [5.74, 6) is -0.477. The highest BCUT2D eigenvalue weighted by atomic mass is 16.5. The smallest absolute Gasteiger partial charge is 0.416 e. The summed E-state index contributed by atoms with van der Waals surface area (Å²) < 4.78 is 11.6. The lowest BCUT2D eigenvalue weighted by molar-refractivity contribution is -0.109. The van der Waals surface area contributed by atoms with Crippen LogP contribution in [-0.4, -0.2) is 17.5 Å². The molecule has 0 amide bonds. The average Bonchev–Trinajstić information content (AvgIpc) is 2.85. The molecule has 100 valence electrons. The Morgan fingerprint density at radius 1 is 1.32 bits per heavy atom. The van der Waals surface area contributed by atoms with Gasteiger partial charge in [0.15, 0.2) is 0 Å². The predicted octanol–water partition coefficient (Wildman–Crippen LogP) is 1.79. The van der Waals surface area contributed by atoms with Crippen LogP contribution in [-0.2, 0) is 16.1 Å². The first-order valence-corrected chi connectivity index (χ1v) is 6.02. The Hall–Kier alpha value is -2.14. The number of carbonyl (C=O) groups excluding carboxylic acids is 1. The number of hydrogen-bond acceptors (Lipinski definition) is 4. The first-order valence-electron chi connectivity index (χ1n) is 6.02. The lowest BCUT2D eigenvalue weighted by Gasteiger charge is -2.14. The molecule has 0 aliphatic rings. The van der Waals surface area contributed by atoms with Crippen LogP contribution in [0.2, 0.25) is 0 Å². The van der Waals surface area contributed by atoms with E-state index in [1.165, 1.54) is 17.0 Å². The standard InChI is InChI=1S/C14H15NO4/c16-8-6-13(15-7-9-19-14(15)17)11-18-10-12-4-2-1-3-5-12/h1-5,7-9,13H,6,10-11H2/t13-/m1/s1. The van der Waals surface area contributed by atoms with Crippen molar-refractivity contribution < 1.29 is 13.9 Å². The van der Waals surface area contributed by atoms with Gasteiger partial charge >= 0.3 is 5.76 Å². The molecule has 0 spiro atoms. The molecule has 0 radical (unpaired) electrons. The van der Waals surface area contributed by atoms with Crippen molar-refractivity contribution in [2.75, 3.05) is 6.61 Å². The molecule has 5 heteroatoms. The fourth-order valence-electron chi connectivity index (χ4n) is 1.81. The van der Waals surface area contributed by atoms with Gasteiger partial charge in [0.2, 0.25) is 0 Å². The highest BCUT2D eigenvalue weighted by Crippen LogP contribution is 2.10. The molecule has 2 rings (SSSR count). The number of aldehydes is 1. The molecule has 0 aliphatic carbocycles. The molecule has 1 aromatic heterocycles. The predicted molar refractivity (Wildman–Crippen MR) is 68.8 cm³/mol. The van der Waals surface area contributed by atoms with Crippen molar-refractivity contribution in [3.8, 4) is 0 Å². The van der Waals surface area contributed by atoms with Crippen LogP contribution in [0.5, 0.6) is 0 Å². The molecule has 0 saturated carbocycles. The second-order valence-corrected chi connectivity index (χ2v) is 4.13. The van der Waals surface area contributed by atoms with Crippen molar-refractivity contribution in [3.63, 3.8) is 0 Å². The number of ether oxygens (including phenoxy) is 1. The van der Waals surface area contributed by atoms with Gasteiger partial charge < -0.3 is 13.9 Å². The molecule has 0 bridgehead atoms. The van der Waals surface area contributed by atoms with E-state index in [4.69, 9.17) is 9.15 Å². The van der Waals surface area contributed by atoms with E-state index in [1.807, 2.05) is 30.3 Å². The number of hydrogen-bond donors (Lipinski definition) is 0. The van der Waals surface area contributed by atoms with E-state index >= 15 is 0 Å². The fraction of sp³-hybridized carbons (Fsp3) is 0.286. The first kappa shape index (κ1) is 13.3. The lowest BCUT2D eigenvalue weighted by atomic mass is 10.2. The maximum Gasteiger partial charge on any atom is 0.419 e. The van der Waals surface area contributed by atoms with Crippen molar-refractivity contribution in [2.45, 2.75) is 19.1 Å². The minimum absolute atomic E-state index is 0.216. The van der Waals surface area contributed by atoms with Crippen molar-refractivity contribution in [2.24, 2.45) is 0 Å². The van der Waals surface area contributed by atoms with E-state index in [0.29, 0.717) is 6.61 Å². The summed E-state index contributed by atoms with van der Waals surface area (Å²) in [6, 6.07) is 9.39. The van der Waals surface area contributed by atoms with Gasteiger partial charge in [0, 0.05) is 12.6 Å². The zero-order valence-electron chi connectivity index (χ0n) is 10.4.